The number of nitrogens with zero attached hydrogens (tertiary/aromatic N) is 1. The second kappa shape index (κ2) is 11.1. The first kappa shape index (κ1) is 26.6. The second-order valence-electron chi connectivity index (χ2n) is 11.4. The van der Waals surface area contributed by atoms with Crippen LogP contribution in [0, 0.1) is 11.8 Å². The van der Waals surface area contributed by atoms with Gasteiger partial charge in [-0.3, -0.25) is 14.4 Å². The summed E-state index contributed by atoms with van der Waals surface area (Å²) in [4.78, 5) is 43.0. The van der Waals surface area contributed by atoms with Gasteiger partial charge < -0.3 is 25.0 Å². The van der Waals surface area contributed by atoms with Gasteiger partial charge in [-0.2, -0.15) is 0 Å². The molecule has 0 unspecified atom stereocenters. The predicted molar refractivity (Wildman–Crippen MR) is 151 cm³/mol. The largest absolute Gasteiger partial charge is 0.457 e. The molecular weight excluding hydrogens is 506 g/mol. The van der Waals surface area contributed by atoms with Crippen LogP contribution in [-0.4, -0.2) is 53.0 Å². The number of carbonyl (C=O) groups is 3. The number of ether oxygens (including phenoxy) is 2. The maximum atomic E-state index is 13.9. The van der Waals surface area contributed by atoms with Crippen LogP contribution < -0.4 is 15.4 Å². The zero-order chi connectivity index (χ0) is 27.7. The number of para-hydroxylation sites is 1. The lowest BCUT2D eigenvalue weighted by Crippen LogP contribution is -2.56. The second-order valence-corrected chi connectivity index (χ2v) is 11.4. The average Bonchev–Trinajstić information content (AvgIpc) is 3.61. The van der Waals surface area contributed by atoms with E-state index in [1.165, 1.54) is 6.42 Å². The third kappa shape index (κ3) is 4.79. The molecular formula is C32H37N3O5. The molecule has 2 bridgehead atoms. The van der Waals surface area contributed by atoms with Crippen LogP contribution in [0.2, 0.25) is 0 Å². The van der Waals surface area contributed by atoms with Gasteiger partial charge in [0.15, 0.2) is 0 Å². The van der Waals surface area contributed by atoms with Crippen LogP contribution in [0.25, 0.3) is 0 Å². The lowest BCUT2D eigenvalue weighted by molar-refractivity contribution is -0.141. The molecule has 8 heteroatoms. The fourth-order valence-electron chi connectivity index (χ4n) is 6.82. The summed E-state index contributed by atoms with van der Waals surface area (Å²) in [5.74, 6) is -0.690. The van der Waals surface area contributed by atoms with Gasteiger partial charge in [-0.25, -0.2) is 0 Å². The van der Waals surface area contributed by atoms with Crippen molar-refractivity contribution in [3.63, 3.8) is 0 Å². The molecule has 2 aromatic carbocycles. The summed E-state index contributed by atoms with van der Waals surface area (Å²) < 4.78 is 12.3. The number of hydrogen-bond donors (Lipinski definition) is 2. The van der Waals surface area contributed by atoms with Crippen molar-refractivity contribution in [2.24, 2.45) is 11.8 Å². The first-order chi connectivity index (χ1) is 19.5. The molecule has 210 valence electrons. The fourth-order valence-corrected chi connectivity index (χ4v) is 6.82. The summed E-state index contributed by atoms with van der Waals surface area (Å²) >= 11 is 0. The van der Waals surface area contributed by atoms with Crippen LogP contribution in [0.5, 0.6) is 11.5 Å². The van der Waals surface area contributed by atoms with Crippen LogP contribution in [0.1, 0.15) is 51.9 Å². The van der Waals surface area contributed by atoms with Crippen molar-refractivity contribution in [2.45, 2.75) is 75.7 Å². The number of carbonyl (C=O) groups excluding carboxylic acids is 3. The fraction of sp³-hybridized carbons (Fsp3) is 0.469. The van der Waals surface area contributed by atoms with E-state index in [-0.39, 0.29) is 23.8 Å². The average molecular weight is 544 g/mol. The van der Waals surface area contributed by atoms with Gasteiger partial charge in [0, 0.05) is 18.3 Å². The van der Waals surface area contributed by atoms with E-state index in [0.717, 1.165) is 44.3 Å². The number of unbranched alkanes of at least 4 members (excludes halogenated alkanes) is 1. The van der Waals surface area contributed by atoms with Gasteiger partial charge in [-0.15, -0.1) is 0 Å². The van der Waals surface area contributed by atoms with E-state index in [1.54, 1.807) is 29.2 Å². The van der Waals surface area contributed by atoms with E-state index in [1.807, 2.05) is 42.5 Å². The lowest BCUT2D eigenvalue weighted by Gasteiger charge is -2.34. The molecule has 0 radical (unpaired) electrons. The summed E-state index contributed by atoms with van der Waals surface area (Å²) in [6.45, 7) is 2.53. The summed E-state index contributed by atoms with van der Waals surface area (Å²) in [6, 6.07) is 16.0. The molecule has 3 aliphatic heterocycles. The molecule has 1 aliphatic carbocycles. The monoisotopic (exact) mass is 543 g/mol. The Kier molecular flexibility index (Phi) is 7.36. The number of fused-ring (bicyclic) bond motifs is 1. The summed E-state index contributed by atoms with van der Waals surface area (Å²) in [5.41, 5.74) is -0.519. The Morgan fingerprint density at radius 1 is 1.00 bits per heavy atom. The van der Waals surface area contributed by atoms with Crippen LogP contribution in [0.4, 0.5) is 5.69 Å². The van der Waals surface area contributed by atoms with Crippen LogP contribution in [0.3, 0.4) is 0 Å². The highest BCUT2D eigenvalue weighted by molar-refractivity contribution is 6.02. The molecule has 3 heterocycles. The molecule has 3 fully saturated rings. The Morgan fingerprint density at radius 2 is 1.73 bits per heavy atom. The molecule has 3 amide bonds. The standard InChI is InChI=1S/C32H37N3O5/c1-2-3-20-35-28(30(37)34-21-10-6-4-7-11-21)32-19-18-25(40-32)26(27(32)31(35)38)29(36)33-22-14-16-24(17-15-22)39-23-12-8-5-9-13-23/h5,8-9,12-19,21,25-28H,2-4,6-7,10-11,20H2,1H3,(H,33,36)(H,34,37)/t25-,26+,27-,28+,32-/m0/s1. The van der Waals surface area contributed by atoms with Crippen molar-refractivity contribution in [2.75, 3.05) is 11.9 Å². The van der Waals surface area contributed by atoms with E-state index in [0.29, 0.717) is 18.0 Å². The third-order valence-corrected chi connectivity index (χ3v) is 8.73. The van der Waals surface area contributed by atoms with Crippen LogP contribution in [-0.2, 0) is 19.1 Å². The minimum absolute atomic E-state index is 0.121. The summed E-state index contributed by atoms with van der Waals surface area (Å²) in [7, 11) is 0. The Morgan fingerprint density at radius 3 is 2.45 bits per heavy atom. The number of hydrogen-bond acceptors (Lipinski definition) is 5. The van der Waals surface area contributed by atoms with Gasteiger partial charge in [-0.1, -0.05) is 63.0 Å². The molecule has 5 atom stereocenters. The molecule has 1 spiro atoms. The number of amides is 3. The van der Waals surface area contributed by atoms with Gasteiger partial charge in [0.25, 0.3) is 0 Å². The topological polar surface area (TPSA) is 97.0 Å². The molecule has 2 N–H and O–H groups in total. The normalized spacial score (nSPS) is 28.9. The number of anilines is 1. The molecule has 2 saturated heterocycles. The molecule has 40 heavy (non-hydrogen) atoms. The highest BCUT2D eigenvalue weighted by Gasteiger charge is 2.72. The highest BCUT2D eigenvalue weighted by Crippen LogP contribution is 2.55. The Hall–Kier alpha value is -3.65. The van der Waals surface area contributed by atoms with E-state index in [2.05, 4.69) is 17.6 Å². The van der Waals surface area contributed by atoms with E-state index >= 15 is 0 Å². The lowest BCUT2D eigenvalue weighted by atomic mass is 9.74. The van der Waals surface area contributed by atoms with Crippen molar-refractivity contribution < 1.29 is 23.9 Å². The Balaban J connectivity index is 1.20. The van der Waals surface area contributed by atoms with Gasteiger partial charge >= 0.3 is 0 Å². The van der Waals surface area contributed by atoms with Crippen molar-refractivity contribution in [1.29, 1.82) is 0 Å². The summed E-state index contributed by atoms with van der Waals surface area (Å²) in [6.07, 6.45) is 10.2. The van der Waals surface area contributed by atoms with E-state index in [9.17, 15) is 14.4 Å². The first-order valence-electron chi connectivity index (χ1n) is 14.6. The minimum atomic E-state index is -1.12. The molecule has 8 nitrogen and oxygen atoms in total. The summed E-state index contributed by atoms with van der Waals surface area (Å²) in [5, 5.41) is 6.20. The molecule has 2 aromatic rings. The number of nitrogens with one attached hydrogen (secondary N) is 2. The van der Waals surface area contributed by atoms with Gasteiger partial charge in [0.1, 0.15) is 23.1 Å². The third-order valence-electron chi connectivity index (χ3n) is 8.73. The number of benzene rings is 2. The molecule has 4 aliphatic rings. The van der Waals surface area contributed by atoms with E-state index < -0.39 is 29.6 Å². The van der Waals surface area contributed by atoms with Gasteiger partial charge in [0.2, 0.25) is 17.7 Å². The number of likely N-dealkylation sites (tertiary alicyclic amines) is 1. The van der Waals surface area contributed by atoms with Crippen molar-refractivity contribution in [3.05, 3.63) is 66.7 Å². The minimum Gasteiger partial charge on any atom is -0.457 e. The molecule has 6 rings (SSSR count). The van der Waals surface area contributed by atoms with Crippen LogP contribution in [0.15, 0.2) is 66.7 Å². The SMILES string of the molecule is CCCCN1C(=O)[C@@H]2[C@H](C(=O)Nc3ccc(Oc4ccccc4)cc3)[C@@H]3C=C[C@@]2(O3)[C@H]1C(=O)NC1CCCCC1. The first-order valence-corrected chi connectivity index (χ1v) is 14.6. The van der Waals surface area contributed by atoms with Crippen molar-refractivity contribution in [3.8, 4) is 11.5 Å². The van der Waals surface area contributed by atoms with Crippen molar-refractivity contribution in [1.82, 2.24) is 10.2 Å². The van der Waals surface area contributed by atoms with E-state index in [4.69, 9.17) is 9.47 Å². The Bertz CT molecular complexity index is 1270. The highest BCUT2D eigenvalue weighted by atomic mass is 16.5. The predicted octanol–water partition coefficient (Wildman–Crippen LogP) is 4.82. The maximum absolute atomic E-state index is 13.9. The van der Waals surface area contributed by atoms with Crippen molar-refractivity contribution >= 4 is 23.4 Å². The quantitative estimate of drug-likeness (QED) is 0.442. The zero-order valence-corrected chi connectivity index (χ0v) is 22.9. The molecule has 1 saturated carbocycles. The zero-order valence-electron chi connectivity index (χ0n) is 22.9. The molecule has 0 aromatic heterocycles. The maximum Gasteiger partial charge on any atom is 0.246 e. The Labute approximate surface area is 235 Å². The van der Waals surface area contributed by atoms with Gasteiger partial charge in [-0.05, 0) is 55.7 Å². The van der Waals surface area contributed by atoms with Gasteiger partial charge in [0.05, 0.1) is 17.9 Å². The van der Waals surface area contributed by atoms with Crippen LogP contribution >= 0.6 is 0 Å². The smallest absolute Gasteiger partial charge is 0.246 e. The number of rotatable bonds is 9.